The average Bonchev–Trinajstić information content (AvgIpc) is 4.02. The first-order valence-corrected chi connectivity index (χ1v) is 22.0. The second-order valence-electron chi connectivity index (χ2n) is 16.0. The van der Waals surface area contributed by atoms with Crippen molar-refractivity contribution in [2.45, 2.75) is 0 Å². The molecule has 6 heteroatoms. The molecule has 13 rings (SSSR count). The molecule has 294 valence electrons. The first-order chi connectivity index (χ1) is 31.3. The van der Waals surface area contributed by atoms with Crippen molar-refractivity contribution in [2.24, 2.45) is 0 Å². The fourth-order valence-electron chi connectivity index (χ4n) is 9.63. The van der Waals surface area contributed by atoms with E-state index in [9.17, 15) is 0 Å². The average molecular weight is 822 g/mol. The highest BCUT2D eigenvalue weighted by Crippen LogP contribution is 2.45. The van der Waals surface area contributed by atoms with Crippen LogP contribution in [0.4, 0.5) is 0 Å². The number of rotatable bonds is 6. The number of hydrogen-bond acceptors (Lipinski definition) is 4. The van der Waals surface area contributed by atoms with Crippen molar-refractivity contribution in [3.8, 4) is 56.7 Å². The zero-order valence-electron chi connectivity index (χ0n) is 33.9. The van der Waals surface area contributed by atoms with E-state index in [1.54, 1.807) is 11.3 Å². The van der Waals surface area contributed by atoms with E-state index in [1.165, 1.54) is 20.3 Å². The Kier molecular flexibility index (Phi) is 8.01. The topological polar surface area (TPSA) is 48.5 Å². The highest BCUT2D eigenvalue weighted by Gasteiger charge is 2.25. The van der Waals surface area contributed by atoms with Crippen LogP contribution in [0.2, 0.25) is 0 Å². The van der Waals surface area contributed by atoms with Gasteiger partial charge in [-0.2, -0.15) is 9.97 Å². The molecule has 0 spiro atoms. The minimum Gasteiger partial charge on any atom is -0.309 e. The second kappa shape index (κ2) is 14.2. The minimum absolute atomic E-state index is 0.571. The molecule has 0 unspecified atom stereocenters. The summed E-state index contributed by atoms with van der Waals surface area (Å²) in [5.41, 5.74) is 12.0. The zero-order valence-corrected chi connectivity index (χ0v) is 34.7. The van der Waals surface area contributed by atoms with Crippen LogP contribution in [-0.4, -0.2) is 24.1 Å². The van der Waals surface area contributed by atoms with Crippen molar-refractivity contribution in [1.82, 2.24) is 24.1 Å². The predicted molar refractivity (Wildman–Crippen MR) is 263 cm³/mol. The summed E-state index contributed by atoms with van der Waals surface area (Å²) in [7, 11) is 0. The SMILES string of the molecule is c1ccc(-c2ccc(-c3ccccc3)c(-n3c4ccccc4c4c3ccc3c5ccccc5n(-c5nc(-c6ccccc6)nc(-c6cccc7sc8ccccc8c67)n5)c34)c2)cc1. The maximum Gasteiger partial charge on any atom is 0.238 e. The van der Waals surface area contributed by atoms with Crippen molar-refractivity contribution in [3.63, 3.8) is 0 Å². The van der Waals surface area contributed by atoms with Crippen LogP contribution in [0.25, 0.3) is 120 Å². The van der Waals surface area contributed by atoms with Crippen LogP contribution in [0.15, 0.2) is 212 Å². The van der Waals surface area contributed by atoms with Gasteiger partial charge >= 0.3 is 0 Å². The third kappa shape index (κ3) is 5.59. The van der Waals surface area contributed by atoms with Crippen molar-refractivity contribution in [3.05, 3.63) is 212 Å². The van der Waals surface area contributed by atoms with Gasteiger partial charge in [0.15, 0.2) is 11.6 Å². The first-order valence-electron chi connectivity index (χ1n) is 21.2. The fourth-order valence-corrected chi connectivity index (χ4v) is 10.8. The normalized spacial score (nSPS) is 11.8. The lowest BCUT2D eigenvalue weighted by atomic mass is 9.98. The smallest absolute Gasteiger partial charge is 0.238 e. The Labute approximate surface area is 366 Å². The molecule has 4 heterocycles. The Bertz CT molecular complexity index is 3900. The summed E-state index contributed by atoms with van der Waals surface area (Å²) in [6.07, 6.45) is 0. The Morgan fingerprint density at radius 3 is 1.73 bits per heavy atom. The summed E-state index contributed by atoms with van der Waals surface area (Å²) in [6, 6.07) is 75.6. The van der Waals surface area contributed by atoms with E-state index < -0.39 is 0 Å². The molecule has 5 nitrogen and oxygen atoms in total. The van der Waals surface area contributed by atoms with E-state index in [4.69, 9.17) is 15.0 Å². The largest absolute Gasteiger partial charge is 0.309 e. The van der Waals surface area contributed by atoms with Crippen molar-refractivity contribution < 1.29 is 0 Å². The van der Waals surface area contributed by atoms with Crippen LogP contribution in [0.1, 0.15) is 0 Å². The van der Waals surface area contributed by atoms with Gasteiger partial charge in [0.1, 0.15) is 0 Å². The lowest BCUT2D eigenvalue weighted by Crippen LogP contribution is -2.06. The monoisotopic (exact) mass is 821 g/mol. The van der Waals surface area contributed by atoms with Gasteiger partial charge in [0, 0.05) is 58.4 Å². The molecular weight excluding hydrogens is 787 g/mol. The van der Waals surface area contributed by atoms with Gasteiger partial charge in [-0.3, -0.25) is 4.57 Å². The molecule has 0 N–H and O–H groups in total. The zero-order chi connectivity index (χ0) is 41.4. The van der Waals surface area contributed by atoms with Crippen LogP contribution in [0.5, 0.6) is 0 Å². The fraction of sp³-hybridized carbons (Fsp3) is 0. The molecule has 0 radical (unpaired) electrons. The molecule has 0 saturated heterocycles. The second-order valence-corrected chi connectivity index (χ2v) is 17.0. The van der Waals surface area contributed by atoms with Gasteiger partial charge in [0.25, 0.3) is 0 Å². The summed E-state index contributed by atoms with van der Waals surface area (Å²) in [4.78, 5) is 16.2. The van der Waals surface area contributed by atoms with Gasteiger partial charge in [0.2, 0.25) is 5.95 Å². The van der Waals surface area contributed by atoms with Crippen LogP contribution < -0.4 is 0 Å². The standard InChI is InChI=1S/C57H35N5S/c1-4-17-36(18-5-1)39-31-32-40(37-19-6-2-7-20-37)49(35-39)61-47-28-14-11-24-43(47)53-48(61)34-33-42-41-23-10-13-27-46(41)62(54(42)53)57-59-55(38-21-8-3-9-22-38)58-56(60-57)45-26-16-30-51-52(45)44-25-12-15-29-50(44)63-51/h1-35H. The number of aromatic nitrogens is 5. The van der Waals surface area contributed by atoms with Crippen LogP contribution in [-0.2, 0) is 0 Å². The summed E-state index contributed by atoms with van der Waals surface area (Å²) >= 11 is 1.80. The van der Waals surface area contributed by atoms with Crippen molar-refractivity contribution >= 4 is 75.1 Å². The quantitative estimate of drug-likeness (QED) is 0.168. The number of hydrogen-bond donors (Lipinski definition) is 0. The van der Waals surface area contributed by atoms with E-state index in [0.717, 1.165) is 82.5 Å². The van der Waals surface area contributed by atoms with E-state index in [-0.39, 0.29) is 0 Å². The molecule has 0 aliphatic carbocycles. The van der Waals surface area contributed by atoms with Crippen LogP contribution >= 0.6 is 11.3 Å². The number of fused-ring (bicyclic) bond motifs is 10. The minimum atomic E-state index is 0.571. The predicted octanol–water partition coefficient (Wildman–Crippen LogP) is 15.1. The number of thiophene rings is 1. The molecule has 13 aromatic rings. The lowest BCUT2D eigenvalue weighted by Gasteiger charge is -2.16. The Balaban J connectivity index is 1.15. The molecule has 0 fully saturated rings. The summed E-state index contributed by atoms with van der Waals surface area (Å²) in [5.74, 6) is 1.83. The molecule has 9 aromatic carbocycles. The molecule has 4 aromatic heterocycles. The third-order valence-corrected chi connectivity index (χ3v) is 13.5. The summed E-state index contributed by atoms with van der Waals surface area (Å²) in [5, 5.41) is 6.92. The van der Waals surface area contributed by atoms with Gasteiger partial charge in [0.05, 0.1) is 27.8 Å². The maximum absolute atomic E-state index is 5.50. The molecule has 0 aliphatic heterocycles. The van der Waals surface area contributed by atoms with Crippen LogP contribution in [0.3, 0.4) is 0 Å². The Hall–Kier alpha value is -8.19. The summed E-state index contributed by atoms with van der Waals surface area (Å²) < 4.78 is 7.18. The molecule has 0 amide bonds. The molecule has 0 atom stereocenters. The van der Waals surface area contributed by atoms with Crippen molar-refractivity contribution in [2.75, 3.05) is 0 Å². The number of nitrogens with zero attached hydrogens (tertiary/aromatic N) is 5. The molecule has 0 saturated carbocycles. The third-order valence-electron chi connectivity index (χ3n) is 12.4. The van der Waals surface area contributed by atoms with E-state index in [0.29, 0.717) is 17.6 Å². The Morgan fingerprint density at radius 2 is 0.952 bits per heavy atom. The van der Waals surface area contributed by atoms with E-state index in [1.807, 2.05) is 18.2 Å². The van der Waals surface area contributed by atoms with Gasteiger partial charge in [-0.25, -0.2) is 4.98 Å². The van der Waals surface area contributed by atoms with Gasteiger partial charge in [-0.05, 0) is 53.1 Å². The molecular formula is C57H35N5S. The van der Waals surface area contributed by atoms with Gasteiger partial charge in [-0.1, -0.05) is 176 Å². The lowest BCUT2D eigenvalue weighted by molar-refractivity contribution is 0.956. The highest BCUT2D eigenvalue weighted by atomic mass is 32.1. The molecule has 63 heavy (non-hydrogen) atoms. The van der Waals surface area contributed by atoms with E-state index in [2.05, 4.69) is 203 Å². The Morgan fingerprint density at radius 1 is 0.333 bits per heavy atom. The van der Waals surface area contributed by atoms with Crippen LogP contribution in [0, 0.1) is 0 Å². The molecule has 0 bridgehead atoms. The highest BCUT2D eigenvalue weighted by molar-refractivity contribution is 7.25. The first kappa shape index (κ1) is 35.6. The molecule has 0 aliphatic rings. The van der Waals surface area contributed by atoms with Gasteiger partial charge < -0.3 is 4.57 Å². The van der Waals surface area contributed by atoms with Crippen molar-refractivity contribution in [1.29, 1.82) is 0 Å². The number of para-hydroxylation sites is 2. The summed E-state index contributed by atoms with van der Waals surface area (Å²) in [6.45, 7) is 0. The maximum atomic E-state index is 5.50. The van der Waals surface area contributed by atoms with E-state index >= 15 is 0 Å². The van der Waals surface area contributed by atoms with Gasteiger partial charge in [-0.15, -0.1) is 11.3 Å². The number of benzene rings is 9.